The summed E-state index contributed by atoms with van der Waals surface area (Å²) in [7, 11) is 0. The van der Waals surface area contributed by atoms with Crippen molar-refractivity contribution in [2.45, 2.75) is 32.7 Å². The first kappa shape index (κ1) is 12.7. The zero-order chi connectivity index (χ0) is 14.3. The van der Waals surface area contributed by atoms with Crippen molar-refractivity contribution in [1.82, 2.24) is 4.57 Å². The van der Waals surface area contributed by atoms with Gasteiger partial charge in [-0.2, -0.15) is 0 Å². The highest BCUT2D eigenvalue weighted by Gasteiger charge is 2.23. The van der Waals surface area contributed by atoms with Crippen LogP contribution in [-0.4, -0.2) is 20.6 Å². The van der Waals surface area contributed by atoms with E-state index in [0.717, 1.165) is 23.9 Å². The van der Waals surface area contributed by atoms with Crippen molar-refractivity contribution in [1.29, 1.82) is 0 Å². The Kier molecular flexibility index (Phi) is 2.97. The molecule has 0 saturated carbocycles. The minimum Gasteiger partial charge on any atom is -0.506 e. The highest BCUT2D eigenvalue weighted by molar-refractivity contribution is 6.06. The van der Waals surface area contributed by atoms with E-state index in [-0.39, 0.29) is 22.6 Å². The van der Waals surface area contributed by atoms with E-state index in [1.165, 1.54) is 0 Å². The predicted octanol–water partition coefficient (Wildman–Crippen LogP) is 2.24. The number of aromatic hydroxyl groups is 1. The molecule has 0 atom stereocenters. The molecule has 2 N–H and O–H groups in total. The number of hydrogen-bond donors (Lipinski definition) is 2. The Morgan fingerprint density at radius 2 is 2.25 bits per heavy atom. The van der Waals surface area contributed by atoms with Gasteiger partial charge in [-0.1, -0.05) is 24.2 Å². The van der Waals surface area contributed by atoms with E-state index in [0.29, 0.717) is 18.4 Å². The predicted molar refractivity (Wildman–Crippen MR) is 76.8 cm³/mol. The van der Waals surface area contributed by atoms with Crippen molar-refractivity contribution in [3.63, 3.8) is 0 Å². The van der Waals surface area contributed by atoms with E-state index in [9.17, 15) is 9.90 Å². The van der Waals surface area contributed by atoms with Gasteiger partial charge in [-0.25, -0.2) is 0 Å². The smallest absolute Gasteiger partial charge is 0.264 e. The van der Waals surface area contributed by atoms with Gasteiger partial charge in [-0.3, -0.25) is 4.79 Å². The van der Waals surface area contributed by atoms with Crippen LogP contribution in [-0.2, 0) is 13.0 Å². The third kappa shape index (κ3) is 1.62. The molecule has 1 aromatic carbocycles. The Balaban J connectivity index is 2.49. The molecule has 2 heterocycles. The molecule has 3 rings (SSSR count). The standard InChI is InChI=1S/C15H16N2O3/c1-2-11(16-20)12-14(18)10-7-3-5-9-6-4-8-17(13(9)10)15(12)19/h3,5,7,18,20H,2,4,6,8H2,1H3/b16-11+. The van der Waals surface area contributed by atoms with Crippen LogP contribution < -0.4 is 5.56 Å². The second-order valence-corrected chi connectivity index (χ2v) is 5.00. The number of pyridine rings is 1. The first-order valence-corrected chi connectivity index (χ1v) is 6.77. The summed E-state index contributed by atoms with van der Waals surface area (Å²) in [5.41, 5.74) is 1.93. The van der Waals surface area contributed by atoms with E-state index < -0.39 is 0 Å². The Morgan fingerprint density at radius 3 is 2.95 bits per heavy atom. The molecule has 0 saturated heterocycles. The molecule has 0 unspecified atom stereocenters. The van der Waals surface area contributed by atoms with Crippen LogP contribution in [0.2, 0.25) is 0 Å². The van der Waals surface area contributed by atoms with Gasteiger partial charge in [-0.05, 0) is 30.9 Å². The van der Waals surface area contributed by atoms with Crippen molar-refractivity contribution < 1.29 is 10.3 Å². The monoisotopic (exact) mass is 272 g/mol. The van der Waals surface area contributed by atoms with Crippen LogP contribution >= 0.6 is 0 Å². The second kappa shape index (κ2) is 4.67. The maximum Gasteiger partial charge on any atom is 0.264 e. The first-order chi connectivity index (χ1) is 9.69. The van der Waals surface area contributed by atoms with Gasteiger partial charge in [0.15, 0.2) is 0 Å². The number of nitrogens with zero attached hydrogens (tertiary/aromatic N) is 2. The molecule has 2 aromatic rings. The van der Waals surface area contributed by atoms with Crippen molar-refractivity contribution in [3.05, 3.63) is 39.7 Å². The quantitative estimate of drug-likeness (QED) is 0.500. The normalized spacial score (nSPS) is 14.8. The molecule has 5 nitrogen and oxygen atoms in total. The van der Waals surface area contributed by atoms with Gasteiger partial charge in [0.2, 0.25) is 0 Å². The Labute approximate surface area is 115 Å². The Morgan fingerprint density at radius 1 is 1.45 bits per heavy atom. The molecule has 0 aliphatic carbocycles. The highest BCUT2D eigenvalue weighted by Crippen LogP contribution is 2.32. The number of para-hydroxylation sites is 1. The van der Waals surface area contributed by atoms with Crippen molar-refractivity contribution in [3.8, 4) is 5.75 Å². The van der Waals surface area contributed by atoms with Crippen molar-refractivity contribution >= 4 is 16.6 Å². The van der Waals surface area contributed by atoms with E-state index in [1.54, 1.807) is 17.6 Å². The molecule has 1 aliphatic rings. The minimum absolute atomic E-state index is 0.0837. The SMILES string of the molecule is CC/C(=N\O)c1c(O)c2cccc3c2n(c1=O)CCC3. The van der Waals surface area contributed by atoms with E-state index in [4.69, 9.17) is 5.21 Å². The highest BCUT2D eigenvalue weighted by atomic mass is 16.4. The van der Waals surface area contributed by atoms with Crippen LogP contribution in [0, 0.1) is 0 Å². The molecule has 0 radical (unpaired) electrons. The van der Waals surface area contributed by atoms with Crippen LogP contribution in [0.15, 0.2) is 28.1 Å². The van der Waals surface area contributed by atoms with Crippen LogP contribution in [0.25, 0.3) is 10.9 Å². The van der Waals surface area contributed by atoms with Gasteiger partial charge in [0.05, 0.1) is 11.2 Å². The fourth-order valence-electron chi connectivity index (χ4n) is 2.97. The average Bonchev–Trinajstić information content (AvgIpc) is 2.49. The lowest BCUT2D eigenvalue weighted by Gasteiger charge is -2.21. The second-order valence-electron chi connectivity index (χ2n) is 5.00. The van der Waals surface area contributed by atoms with Gasteiger partial charge in [0, 0.05) is 11.9 Å². The van der Waals surface area contributed by atoms with Crippen molar-refractivity contribution in [2.24, 2.45) is 5.16 Å². The Bertz CT molecular complexity index is 775. The average molecular weight is 272 g/mol. The lowest BCUT2D eigenvalue weighted by atomic mass is 9.97. The molecule has 5 heteroatoms. The summed E-state index contributed by atoms with van der Waals surface area (Å²) in [5, 5.41) is 23.3. The van der Waals surface area contributed by atoms with Gasteiger partial charge < -0.3 is 14.9 Å². The molecule has 0 amide bonds. The maximum atomic E-state index is 12.6. The third-order valence-corrected chi connectivity index (χ3v) is 3.91. The van der Waals surface area contributed by atoms with Crippen LogP contribution in [0.1, 0.15) is 30.9 Å². The summed E-state index contributed by atoms with van der Waals surface area (Å²) in [4.78, 5) is 12.6. The molecule has 1 aromatic heterocycles. The summed E-state index contributed by atoms with van der Waals surface area (Å²) in [6, 6.07) is 5.66. The summed E-state index contributed by atoms with van der Waals surface area (Å²) >= 11 is 0. The number of rotatable bonds is 2. The van der Waals surface area contributed by atoms with Crippen molar-refractivity contribution in [2.75, 3.05) is 0 Å². The molecular formula is C15H16N2O3. The molecule has 0 bridgehead atoms. The van der Waals surface area contributed by atoms with Crippen LogP contribution in [0.3, 0.4) is 0 Å². The number of benzene rings is 1. The van der Waals surface area contributed by atoms with Gasteiger partial charge in [0.1, 0.15) is 11.3 Å². The molecule has 20 heavy (non-hydrogen) atoms. The Hall–Kier alpha value is -2.30. The summed E-state index contributed by atoms with van der Waals surface area (Å²) < 4.78 is 1.68. The van der Waals surface area contributed by atoms with E-state index >= 15 is 0 Å². The summed E-state index contributed by atoms with van der Waals surface area (Å²) in [6.45, 7) is 2.41. The van der Waals surface area contributed by atoms with Crippen LogP contribution in [0.5, 0.6) is 5.75 Å². The molecule has 1 aliphatic heterocycles. The maximum absolute atomic E-state index is 12.6. The molecule has 104 valence electrons. The minimum atomic E-state index is -0.281. The van der Waals surface area contributed by atoms with Gasteiger partial charge in [-0.15, -0.1) is 0 Å². The zero-order valence-corrected chi connectivity index (χ0v) is 11.3. The van der Waals surface area contributed by atoms with E-state index in [1.807, 2.05) is 12.1 Å². The fourth-order valence-corrected chi connectivity index (χ4v) is 2.97. The summed E-state index contributed by atoms with van der Waals surface area (Å²) in [5.74, 6) is -0.0837. The lowest BCUT2D eigenvalue weighted by Crippen LogP contribution is -2.29. The number of aryl methyl sites for hydroxylation is 2. The number of aromatic nitrogens is 1. The zero-order valence-electron chi connectivity index (χ0n) is 11.3. The third-order valence-electron chi connectivity index (χ3n) is 3.91. The number of hydrogen-bond acceptors (Lipinski definition) is 4. The topological polar surface area (TPSA) is 74.8 Å². The molecule has 0 spiro atoms. The lowest BCUT2D eigenvalue weighted by molar-refractivity contribution is 0.318. The van der Waals surface area contributed by atoms with E-state index in [2.05, 4.69) is 5.16 Å². The fraction of sp³-hybridized carbons (Fsp3) is 0.333. The molecular weight excluding hydrogens is 256 g/mol. The number of oxime groups is 1. The largest absolute Gasteiger partial charge is 0.506 e. The van der Waals surface area contributed by atoms with Crippen LogP contribution in [0.4, 0.5) is 0 Å². The first-order valence-electron chi connectivity index (χ1n) is 6.77. The molecule has 0 fully saturated rings. The summed E-state index contributed by atoms with van der Waals surface area (Å²) in [6.07, 6.45) is 2.18. The van der Waals surface area contributed by atoms with Gasteiger partial charge >= 0.3 is 0 Å². The van der Waals surface area contributed by atoms with Gasteiger partial charge in [0.25, 0.3) is 5.56 Å².